The zero-order valence-electron chi connectivity index (χ0n) is 9.03. The Labute approximate surface area is 103 Å². The molecule has 0 saturated carbocycles. The van der Waals surface area contributed by atoms with Crippen LogP contribution in [-0.2, 0) is 6.18 Å². The highest BCUT2D eigenvalue weighted by Crippen LogP contribution is 2.36. The molecule has 5 nitrogen and oxygen atoms in total. The summed E-state index contributed by atoms with van der Waals surface area (Å²) in [4.78, 5) is 9.45. The number of H-pyrrole nitrogens is 1. The summed E-state index contributed by atoms with van der Waals surface area (Å²) in [7, 11) is 0. The predicted molar refractivity (Wildman–Crippen MR) is 55.6 cm³/mol. The van der Waals surface area contributed by atoms with Gasteiger partial charge < -0.3 is 0 Å². The Morgan fingerprint density at radius 1 is 1.32 bits per heavy atom. The predicted octanol–water partition coefficient (Wildman–Crippen LogP) is 3.14. The van der Waals surface area contributed by atoms with Crippen LogP contribution in [-0.4, -0.2) is 15.1 Å². The van der Waals surface area contributed by atoms with Gasteiger partial charge in [-0.2, -0.15) is 22.7 Å². The first-order valence-corrected chi connectivity index (χ1v) is 4.85. The molecule has 1 N–H and O–H groups in total. The monoisotopic (exact) mass is 275 g/mol. The lowest BCUT2D eigenvalue weighted by atomic mass is 10.1. The van der Waals surface area contributed by atoms with Crippen LogP contribution in [0.1, 0.15) is 5.56 Å². The average Bonchev–Trinajstić information content (AvgIpc) is 2.76. The van der Waals surface area contributed by atoms with Gasteiger partial charge in [0.05, 0.1) is 16.8 Å². The van der Waals surface area contributed by atoms with Crippen molar-refractivity contribution in [2.24, 2.45) is 0 Å². The van der Waals surface area contributed by atoms with Crippen molar-refractivity contribution in [1.82, 2.24) is 10.2 Å². The second kappa shape index (κ2) is 4.34. The van der Waals surface area contributed by atoms with Gasteiger partial charge in [0.1, 0.15) is 5.56 Å². The molecule has 0 unspecified atom stereocenters. The van der Waals surface area contributed by atoms with E-state index in [1.807, 2.05) is 0 Å². The molecule has 0 bridgehead atoms. The largest absolute Gasteiger partial charge is 0.420 e. The van der Waals surface area contributed by atoms with Crippen LogP contribution in [0.25, 0.3) is 11.3 Å². The standard InChI is InChI=1S/C10H5F4N3O2/c11-7-3-5(1-2-8(7)17(18)19)9-6(4-15-16-9)10(12,13)14/h1-4H,(H,15,16). The number of alkyl halides is 3. The molecular formula is C10H5F4N3O2. The minimum absolute atomic E-state index is 0.173. The minimum atomic E-state index is -4.65. The van der Waals surface area contributed by atoms with E-state index in [1.165, 1.54) is 0 Å². The fraction of sp³-hybridized carbons (Fsp3) is 0.100. The maximum absolute atomic E-state index is 13.4. The number of aromatic amines is 1. The van der Waals surface area contributed by atoms with E-state index in [1.54, 1.807) is 0 Å². The fourth-order valence-corrected chi connectivity index (χ4v) is 1.53. The van der Waals surface area contributed by atoms with Crippen molar-refractivity contribution >= 4 is 5.69 Å². The molecule has 2 rings (SSSR count). The number of aromatic nitrogens is 2. The molecule has 0 aliphatic carbocycles. The maximum atomic E-state index is 13.4. The minimum Gasteiger partial charge on any atom is -0.277 e. The fourth-order valence-electron chi connectivity index (χ4n) is 1.53. The van der Waals surface area contributed by atoms with E-state index in [-0.39, 0.29) is 5.56 Å². The summed E-state index contributed by atoms with van der Waals surface area (Å²) in [5.74, 6) is -1.22. The number of nitrogens with zero attached hydrogens (tertiary/aromatic N) is 2. The number of nitrogens with one attached hydrogen (secondary N) is 1. The summed E-state index contributed by atoms with van der Waals surface area (Å²) >= 11 is 0. The summed E-state index contributed by atoms with van der Waals surface area (Å²) in [6.45, 7) is 0. The Morgan fingerprint density at radius 3 is 2.53 bits per heavy atom. The van der Waals surface area contributed by atoms with Crippen molar-refractivity contribution in [3.8, 4) is 11.3 Å². The highest BCUT2D eigenvalue weighted by Gasteiger charge is 2.35. The van der Waals surface area contributed by atoms with E-state index < -0.39 is 33.9 Å². The molecule has 1 aromatic carbocycles. The van der Waals surface area contributed by atoms with Gasteiger partial charge in [0.2, 0.25) is 5.82 Å². The Kier molecular flexibility index (Phi) is 2.97. The Hall–Kier alpha value is -2.45. The highest BCUT2D eigenvalue weighted by molar-refractivity contribution is 5.65. The van der Waals surface area contributed by atoms with Gasteiger partial charge in [-0.3, -0.25) is 15.2 Å². The Bertz CT molecular complexity index is 636. The first-order chi connectivity index (χ1) is 8.80. The molecule has 100 valence electrons. The summed E-state index contributed by atoms with van der Waals surface area (Å²) in [5, 5.41) is 15.8. The molecule has 19 heavy (non-hydrogen) atoms. The third-order valence-electron chi connectivity index (χ3n) is 2.38. The smallest absolute Gasteiger partial charge is 0.277 e. The van der Waals surface area contributed by atoms with Gasteiger partial charge in [-0.1, -0.05) is 0 Å². The normalized spacial score (nSPS) is 11.6. The van der Waals surface area contributed by atoms with Crippen LogP contribution in [0, 0.1) is 15.9 Å². The van der Waals surface area contributed by atoms with Crippen molar-refractivity contribution in [2.75, 3.05) is 0 Å². The average molecular weight is 275 g/mol. The molecule has 0 radical (unpaired) electrons. The lowest BCUT2D eigenvalue weighted by Gasteiger charge is -2.07. The summed E-state index contributed by atoms with van der Waals surface area (Å²) < 4.78 is 51.2. The third-order valence-corrected chi connectivity index (χ3v) is 2.38. The number of benzene rings is 1. The van der Waals surface area contributed by atoms with Gasteiger partial charge >= 0.3 is 11.9 Å². The van der Waals surface area contributed by atoms with Crippen LogP contribution in [0.5, 0.6) is 0 Å². The van der Waals surface area contributed by atoms with Gasteiger partial charge in [-0.25, -0.2) is 0 Å². The van der Waals surface area contributed by atoms with Gasteiger partial charge in [0.15, 0.2) is 0 Å². The first kappa shape index (κ1) is 13.0. The van der Waals surface area contributed by atoms with Crippen molar-refractivity contribution in [1.29, 1.82) is 0 Å². The molecule has 9 heteroatoms. The first-order valence-electron chi connectivity index (χ1n) is 4.85. The van der Waals surface area contributed by atoms with Crippen LogP contribution in [0.4, 0.5) is 23.2 Å². The highest BCUT2D eigenvalue weighted by atomic mass is 19.4. The van der Waals surface area contributed by atoms with E-state index in [2.05, 4.69) is 10.2 Å². The molecule has 2 aromatic rings. The molecule has 1 aromatic heterocycles. The van der Waals surface area contributed by atoms with E-state index in [0.717, 1.165) is 12.1 Å². The molecule has 0 aliphatic heterocycles. The van der Waals surface area contributed by atoms with Crippen LogP contribution in [0.2, 0.25) is 0 Å². The maximum Gasteiger partial charge on any atom is 0.420 e. The lowest BCUT2D eigenvalue weighted by Crippen LogP contribution is -2.05. The zero-order chi connectivity index (χ0) is 14.2. The SMILES string of the molecule is O=[N+]([O-])c1ccc(-c2[nH]ncc2C(F)(F)F)cc1F. The molecule has 1 heterocycles. The number of nitro benzene ring substituents is 1. The van der Waals surface area contributed by atoms with Crippen molar-refractivity contribution in [3.63, 3.8) is 0 Å². The Morgan fingerprint density at radius 2 is 2.00 bits per heavy atom. The topological polar surface area (TPSA) is 71.8 Å². The number of rotatable bonds is 2. The van der Waals surface area contributed by atoms with Gasteiger partial charge in [-0.05, 0) is 12.1 Å². The Balaban J connectivity index is 2.52. The van der Waals surface area contributed by atoms with E-state index in [4.69, 9.17) is 0 Å². The third kappa shape index (κ3) is 2.39. The van der Waals surface area contributed by atoms with Crippen LogP contribution in [0.15, 0.2) is 24.4 Å². The number of nitro groups is 1. The van der Waals surface area contributed by atoms with Crippen LogP contribution in [0.3, 0.4) is 0 Å². The van der Waals surface area contributed by atoms with Crippen molar-refractivity contribution in [2.45, 2.75) is 6.18 Å². The second-order valence-electron chi connectivity index (χ2n) is 3.58. The lowest BCUT2D eigenvalue weighted by molar-refractivity contribution is -0.387. The van der Waals surface area contributed by atoms with Gasteiger partial charge in [-0.15, -0.1) is 0 Å². The molecule has 0 spiro atoms. The molecule has 0 amide bonds. The summed E-state index contributed by atoms with van der Waals surface area (Å²) in [5.41, 5.74) is -2.49. The van der Waals surface area contributed by atoms with E-state index in [0.29, 0.717) is 12.3 Å². The van der Waals surface area contributed by atoms with Crippen LogP contribution >= 0.6 is 0 Å². The van der Waals surface area contributed by atoms with E-state index in [9.17, 15) is 27.7 Å². The molecule has 0 fully saturated rings. The van der Waals surface area contributed by atoms with Crippen LogP contribution < -0.4 is 0 Å². The molecule has 0 aliphatic rings. The summed E-state index contributed by atoms with van der Waals surface area (Å²) in [6, 6.07) is 2.47. The zero-order valence-corrected chi connectivity index (χ0v) is 9.03. The molecular weight excluding hydrogens is 270 g/mol. The quantitative estimate of drug-likeness (QED) is 0.520. The summed E-state index contributed by atoms with van der Waals surface area (Å²) in [6.07, 6.45) is -4.09. The second-order valence-corrected chi connectivity index (χ2v) is 3.58. The van der Waals surface area contributed by atoms with Gasteiger partial charge in [0.25, 0.3) is 0 Å². The van der Waals surface area contributed by atoms with Crippen molar-refractivity contribution in [3.05, 3.63) is 45.9 Å². The number of halogens is 4. The van der Waals surface area contributed by atoms with Crippen molar-refractivity contribution < 1.29 is 22.5 Å². The van der Waals surface area contributed by atoms with E-state index >= 15 is 0 Å². The molecule has 0 saturated heterocycles. The number of hydrogen-bond acceptors (Lipinski definition) is 3. The molecule has 0 atom stereocenters. The number of hydrogen-bond donors (Lipinski definition) is 1. The van der Waals surface area contributed by atoms with Gasteiger partial charge in [0, 0.05) is 11.6 Å².